The van der Waals surface area contributed by atoms with E-state index in [1.165, 1.54) is 25.7 Å². The second kappa shape index (κ2) is 12.3. The van der Waals surface area contributed by atoms with Crippen molar-refractivity contribution >= 4 is 64.2 Å². The maximum absolute atomic E-state index is 6.63. The molecule has 11 aromatic rings. The molecule has 3 heterocycles. The molecule has 0 atom stereocenters. The van der Waals surface area contributed by atoms with Gasteiger partial charge in [-0.05, 0) is 81.6 Å². The summed E-state index contributed by atoms with van der Waals surface area (Å²) in [5.74, 6) is 1.83. The van der Waals surface area contributed by atoms with Crippen molar-refractivity contribution in [3.63, 3.8) is 0 Å². The Morgan fingerprint density at radius 2 is 0.963 bits per heavy atom. The molecule has 0 aliphatic rings. The van der Waals surface area contributed by atoms with Gasteiger partial charge in [-0.1, -0.05) is 127 Å². The van der Waals surface area contributed by atoms with Gasteiger partial charge in [-0.2, -0.15) is 0 Å². The van der Waals surface area contributed by atoms with E-state index in [4.69, 9.17) is 19.4 Å². The first kappa shape index (κ1) is 30.7. The molecular weight excluding hydrogens is 679 g/mol. The standard InChI is InChI=1S/C49H29N3OS/c1-3-11-30(12-4-1)31-19-21-32(22-20-31)37-24-25-41-45(40-27-34-15-7-8-16-35(34)29-42(40)53-41)46(37)49-51-47(33-13-5-2-6-14-33)50-48(52-49)36-23-26-44-39(28-36)38-17-9-10-18-43(38)54-44/h1-29H. The fraction of sp³-hybridized carbons (Fsp3) is 0. The zero-order chi connectivity index (χ0) is 35.6. The quantitative estimate of drug-likeness (QED) is 0.179. The minimum absolute atomic E-state index is 0.595. The summed E-state index contributed by atoms with van der Waals surface area (Å²) in [6, 6.07) is 61.6. The summed E-state index contributed by atoms with van der Waals surface area (Å²) in [7, 11) is 0. The third kappa shape index (κ3) is 5.09. The molecule has 3 aromatic heterocycles. The topological polar surface area (TPSA) is 51.8 Å². The highest BCUT2D eigenvalue weighted by Gasteiger charge is 2.23. The minimum Gasteiger partial charge on any atom is -0.456 e. The molecular formula is C49H29N3OS. The number of aromatic nitrogens is 3. The lowest BCUT2D eigenvalue weighted by Crippen LogP contribution is -2.01. The number of nitrogens with zero attached hydrogens (tertiary/aromatic N) is 3. The number of benzene rings is 8. The molecule has 0 unspecified atom stereocenters. The maximum Gasteiger partial charge on any atom is 0.165 e. The molecule has 0 saturated carbocycles. The smallest absolute Gasteiger partial charge is 0.165 e. The molecule has 0 amide bonds. The van der Waals surface area contributed by atoms with Crippen molar-refractivity contribution in [1.29, 1.82) is 0 Å². The molecule has 0 N–H and O–H groups in total. The lowest BCUT2D eigenvalue weighted by Gasteiger charge is -2.14. The van der Waals surface area contributed by atoms with Gasteiger partial charge in [0.15, 0.2) is 17.5 Å². The van der Waals surface area contributed by atoms with Crippen LogP contribution in [0, 0.1) is 0 Å². The van der Waals surface area contributed by atoms with E-state index in [1.807, 2.05) is 24.3 Å². The Balaban J connectivity index is 1.20. The van der Waals surface area contributed by atoms with Crippen molar-refractivity contribution in [2.75, 3.05) is 0 Å². The van der Waals surface area contributed by atoms with Gasteiger partial charge in [-0.3, -0.25) is 0 Å². The average molecular weight is 708 g/mol. The number of hydrogen-bond acceptors (Lipinski definition) is 5. The Bertz CT molecular complexity index is 3200. The van der Waals surface area contributed by atoms with E-state index in [0.29, 0.717) is 17.5 Å². The molecule has 0 aliphatic heterocycles. The first-order chi connectivity index (χ1) is 26.7. The summed E-state index contributed by atoms with van der Waals surface area (Å²) in [5, 5.41) is 6.72. The van der Waals surface area contributed by atoms with Crippen LogP contribution in [0.15, 0.2) is 180 Å². The molecule has 0 saturated heterocycles. The van der Waals surface area contributed by atoms with Gasteiger partial charge in [-0.15, -0.1) is 11.3 Å². The predicted molar refractivity (Wildman–Crippen MR) is 225 cm³/mol. The summed E-state index contributed by atoms with van der Waals surface area (Å²) < 4.78 is 9.13. The van der Waals surface area contributed by atoms with Crippen molar-refractivity contribution < 1.29 is 4.42 Å². The lowest BCUT2D eigenvalue weighted by atomic mass is 9.93. The molecule has 0 aliphatic carbocycles. The van der Waals surface area contributed by atoms with Crippen molar-refractivity contribution in [2.45, 2.75) is 0 Å². The molecule has 0 spiro atoms. The SMILES string of the molecule is c1ccc(-c2ccc(-c3ccc4oc5cc6ccccc6cc5c4c3-c3nc(-c4ccccc4)nc(-c4ccc5sc6ccccc6c5c4)n3)cc2)cc1. The van der Waals surface area contributed by atoms with Crippen molar-refractivity contribution in [1.82, 2.24) is 15.0 Å². The van der Waals surface area contributed by atoms with E-state index >= 15 is 0 Å². The van der Waals surface area contributed by atoms with E-state index < -0.39 is 0 Å². The average Bonchev–Trinajstić information content (AvgIpc) is 3.80. The van der Waals surface area contributed by atoms with E-state index in [0.717, 1.165) is 66.1 Å². The number of hydrogen-bond donors (Lipinski definition) is 0. The van der Waals surface area contributed by atoms with Gasteiger partial charge in [0.05, 0.1) is 0 Å². The highest BCUT2D eigenvalue weighted by atomic mass is 32.1. The Labute approximate surface area is 314 Å². The molecule has 54 heavy (non-hydrogen) atoms. The first-order valence-electron chi connectivity index (χ1n) is 18.0. The van der Waals surface area contributed by atoms with Crippen molar-refractivity contribution in [3.05, 3.63) is 176 Å². The summed E-state index contributed by atoms with van der Waals surface area (Å²) in [6.07, 6.45) is 0. The normalized spacial score (nSPS) is 11.7. The number of furan rings is 1. The van der Waals surface area contributed by atoms with Crippen LogP contribution < -0.4 is 0 Å². The fourth-order valence-corrected chi connectivity index (χ4v) is 8.78. The van der Waals surface area contributed by atoms with Crippen LogP contribution >= 0.6 is 11.3 Å². The number of fused-ring (bicyclic) bond motifs is 7. The van der Waals surface area contributed by atoms with Crippen LogP contribution in [-0.4, -0.2) is 15.0 Å². The van der Waals surface area contributed by atoms with Gasteiger partial charge in [-0.25, -0.2) is 15.0 Å². The van der Waals surface area contributed by atoms with E-state index in [1.54, 1.807) is 11.3 Å². The molecule has 8 aromatic carbocycles. The van der Waals surface area contributed by atoms with Gasteiger partial charge >= 0.3 is 0 Å². The Morgan fingerprint density at radius 3 is 1.76 bits per heavy atom. The molecule has 0 bridgehead atoms. The lowest BCUT2D eigenvalue weighted by molar-refractivity contribution is 0.669. The van der Waals surface area contributed by atoms with E-state index in [9.17, 15) is 0 Å². The van der Waals surface area contributed by atoms with Crippen molar-refractivity contribution in [2.24, 2.45) is 0 Å². The maximum atomic E-state index is 6.63. The van der Waals surface area contributed by atoms with Gasteiger partial charge in [0, 0.05) is 47.6 Å². The van der Waals surface area contributed by atoms with Gasteiger partial charge in [0.2, 0.25) is 0 Å². The highest BCUT2D eigenvalue weighted by Crippen LogP contribution is 2.44. The van der Waals surface area contributed by atoms with E-state index in [2.05, 4.69) is 152 Å². The summed E-state index contributed by atoms with van der Waals surface area (Å²) >= 11 is 1.81. The van der Waals surface area contributed by atoms with Gasteiger partial charge in [0.1, 0.15) is 11.2 Å². The van der Waals surface area contributed by atoms with Crippen LogP contribution in [0.1, 0.15) is 0 Å². The van der Waals surface area contributed by atoms with Crippen LogP contribution in [0.3, 0.4) is 0 Å². The third-order valence-electron chi connectivity index (χ3n) is 10.3. The zero-order valence-corrected chi connectivity index (χ0v) is 29.7. The molecule has 11 rings (SSSR count). The summed E-state index contributed by atoms with van der Waals surface area (Å²) in [6.45, 7) is 0. The monoisotopic (exact) mass is 707 g/mol. The van der Waals surface area contributed by atoms with Crippen LogP contribution in [0.25, 0.3) is 109 Å². The van der Waals surface area contributed by atoms with Crippen LogP contribution in [0.2, 0.25) is 0 Å². The molecule has 252 valence electrons. The number of rotatable bonds is 5. The molecule has 0 radical (unpaired) electrons. The second-order valence-electron chi connectivity index (χ2n) is 13.6. The minimum atomic E-state index is 0.595. The zero-order valence-electron chi connectivity index (χ0n) is 28.9. The summed E-state index contributed by atoms with van der Waals surface area (Å²) in [4.78, 5) is 15.8. The number of thiophene rings is 1. The Morgan fingerprint density at radius 1 is 0.370 bits per heavy atom. The van der Waals surface area contributed by atoms with Gasteiger partial charge < -0.3 is 4.42 Å². The third-order valence-corrected chi connectivity index (χ3v) is 11.5. The van der Waals surface area contributed by atoms with Gasteiger partial charge in [0.25, 0.3) is 0 Å². The second-order valence-corrected chi connectivity index (χ2v) is 14.7. The molecule has 5 heteroatoms. The molecule has 0 fully saturated rings. The fourth-order valence-electron chi connectivity index (χ4n) is 7.70. The Kier molecular flexibility index (Phi) is 7.00. The Hall–Kier alpha value is -6.95. The highest BCUT2D eigenvalue weighted by molar-refractivity contribution is 7.25. The van der Waals surface area contributed by atoms with Crippen LogP contribution in [0.5, 0.6) is 0 Å². The largest absolute Gasteiger partial charge is 0.456 e. The van der Waals surface area contributed by atoms with E-state index in [-0.39, 0.29) is 0 Å². The molecule has 4 nitrogen and oxygen atoms in total. The van der Waals surface area contributed by atoms with Crippen molar-refractivity contribution in [3.8, 4) is 56.4 Å². The summed E-state index contributed by atoms with van der Waals surface area (Å²) in [5.41, 5.74) is 8.82. The van der Waals surface area contributed by atoms with Crippen LogP contribution in [0.4, 0.5) is 0 Å². The predicted octanol–water partition coefficient (Wildman–Crippen LogP) is 13.6. The first-order valence-corrected chi connectivity index (χ1v) is 18.8. The van der Waals surface area contributed by atoms with Crippen LogP contribution in [-0.2, 0) is 0 Å².